The van der Waals surface area contributed by atoms with Gasteiger partial charge in [-0.1, -0.05) is 35.9 Å². The van der Waals surface area contributed by atoms with E-state index in [4.69, 9.17) is 4.74 Å². The second kappa shape index (κ2) is 9.02. The van der Waals surface area contributed by atoms with Crippen molar-refractivity contribution in [3.63, 3.8) is 0 Å². The van der Waals surface area contributed by atoms with Gasteiger partial charge in [-0.2, -0.15) is 5.26 Å². The summed E-state index contributed by atoms with van der Waals surface area (Å²) >= 11 is 1.62. The number of carbonyl (C=O) groups excluding carboxylic acids is 1. The molecule has 0 aliphatic rings. The maximum Gasteiger partial charge on any atom is 0.330 e. The minimum Gasteiger partial charge on any atom is -0.463 e. The number of rotatable bonds is 6. The summed E-state index contributed by atoms with van der Waals surface area (Å²) < 4.78 is 7.04. The minimum absolute atomic E-state index is 0.328. The van der Waals surface area contributed by atoms with Crippen LogP contribution in [0, 0.1) is 32.1 Å². The molecule has 0 radical (unpaired) electrons. The van der Waals surface area contributed by atoms with E-state index < -0.39 is 0 Å². The molecule has 2 heterocycles. The number of fused-ring (bicyclic) bond motifs is 1. The largest absolute Gasteiger partial charge is 0.463 e. The van der Waals surface area contributed by atoms with E-state index in [9.17, 15) is 10.1 Å². The zero-order chi connectivity index (χ0) is 21.0. The number of esters is 1. The molecule has 148 valence electrons. The number of aromatic nitrogens is 1. The number of ether oxygens (including phenoxy) is 1. The Labute approximate surface area is 175 Å². The topological polar surface area (TPSA) is 54.5 Å². The van der Waals surface area contributed by atoms with Crippen molar-refractivity contribution in [3.05, 3.63) is 76.1 Å². The molecule has 0 saturated heterocycles. The summed E-state index contributed by atoms with van der Waals surface area (Å²) in [6.07, 6.45) is 5.19. The fourth-order valence-corrected chi connectivity index (χ4v) is 4.45. The second-order valence-corrected chi connectivity index (χ2v) is 7.97. The molecule has 0 spiro atoms. The van der Waals surface area contributed by atoms with Gasteiger partial charge in [0.05, 0.1) is 28.3 Å². The van der Waals surface area contributed by atoms with Crippen molar-refractivity contribution >= 4 is 29.3 Å². The van der Waals surface area contributed by atoms with E-state index in [0.29, 0.717) is 12.2 Å². The van der Waals surface area contributed by atoms with Crippen LogP contribution < -0.4 is 0 Å². The van der Waals surface area contributed by atoms with E-state index in [0.717, 1.165) is 33.0 Å². The molecule has 0 aliphatic carbocycles. The molecule has 3 aromatic rings. The van der Waals surface area contributed by atoms with Crippen molar-refractivity contribution < 1.29 is 9.53 Å². The van der Waals surface area contributed by atoms with Crippen LogP contribution in [0.3, 0.4) is 0 Å². The summed E-state index contributed by atoms with van der Waals surface area (Å²) in [4.78, 5) is 12.8. The van der Waals surface area contributed by atoms with E-state index in [1.807, 2.05) is 24.4 Å². The van der Waals surface area contributed by atoms with Crippen molar-refractivity contribution in [1.82, 2.24) is 4.40 Å². The number of nitrogens with zero attached hydrogens (tertiary/aromatic N) is 2. The molecule has 0 N–H and O–H groups in total. The maximum absolute atomic E-state index is 11.9. The fourth-order valence-electron chi connectivity index (χ4n) is 3.34. The molecule has 1 aromatic carbocycles. The van der Waals surface area contributed by atoms with Crippen LogP contribution in [0.4, 0.5) is 0 Å². The summed E-state index contributed by atoms with van der Waals surface area (Å²) in [5.41, 5.74) is 6.89. The summed E-state index contributed by atoms with van der Waals surface area (Å²) in [7, 11) is 0. The first kappa shape index (κ1) is 20.8. The molecule has 3 rings (SSSR count). The molecule has 0 aliphatic heterocycles. The maximum atomic E-state index is 11.9. The molecule has 0 atom stereocenters. The average Bonchev–Trinajstić information content (AvgIpc) is 2.98. The lowest BCUT2D eigenvalue weighted by atomic mass is 10.1. The first-order chi connectivity index (χ1) is 13.9. The number of pyridine rings is 1. The van der Waals surface area contributed by atoms with Gasteiger partial charge in [-0.05, 0) is 50.5 Å². The van der Waals surface area contributed by atoms with E-state index in [1.54, 1.807) is 24.8 Å². The van der Waals surface area contributed by atoms with Crippen molar-refractivity contribution in [2.45, 2.75) is 38.3 Å². The van der Waals surface area contributed by atoms with Gasteiger partial charge in [-0.15, -0.1) is 11.8 Å². The highest BCUT2D eigenvalue weighted by molar-refractivity contribution is 7.98. The van der Waals surface area contributed by atoms with Crippen LogP contribution in [0.25, 0.3) is 11.6 Å². The van der Waals surface area contributed by atoms with Gasteiger partial charge >= 0.3 is 5.97 Å². The van der Waals surface area contributed by atoms with Crippen LogP contribution in [0.5, 0.6) is 0 Å². The SMILES string of the molecule is CCOC(=O)/C=C/c1c(SCc2ccc(C)cc2)c(C#N)c2c(C)cc(C)cn12. The molecule has 0 saturated carbocycles. The monoisotopic (exact) mass is 404 g/mol. The van der Waals surface area contributed by atoms with Crippen molar-refractivity contribution in [2.24, 2.45) is 0 Å². The molecule has 2 aromatic heterocycles. The average molecular weight is 405 g/mol. The van der Waals surface area contributed by atoms with Gasteiger partial charge in [-0.3, -0.25) is 0 Å². The van der Waals surface area contributed by atoms with E-state index in [2.05, 4.69) is 43.3 Å². The number of benzene rings is 1. The number of hydrogen-bond acceptors (Lipinski definition) is 4. The number of carbonyl (C=O) groups is 1. The van der Waals surface area contributed by atoms with Crippen molar-refractivity contribution in [2.75, 3.05) is 6.61 Å². The molecule has 29 heavy (non-hydrogen) atoms. The normalized spacial score (nSPS) is 11.1. The molecule has 4 nitrogen and oxygen atoms in total. The molecular formula is C24H24N2O2S. The van der Waals surface area contributed by atoms with Crippen molar-refractivity contribution in [3.8, 4) is 6.07 Å². The van der Waals surface area contributed by atoms with Gasteiger partial charge < -0.3 is 9.14 Å². The highest BCUT2D eigenvalue weighted by Gasteiger charge is 2.19. The van der Waals surface area contributed by atoms with E-state index >= 15 is 0 Å². The van der Waals surface area contributed by atoms with Gasteiger partial charge in [0.15, 0.2) is 0 Å². The Balaban J connectivity index is 2.11. The first-order valence-electron chi connectivity index (χ1n) is 9.53. The lowest BCUT2D eigenvalue weighted by Gasteiger charge is -2.05. The third-order valence-electron chi connectivity index (χ3n) is 4.63. The molecule has 0 bridgehead atoms. The first-order valence-corrected chi connectivity index (χ1v) is 10.5. The lowest BCUT2D eigenvalue weighted by Crippen LogP contribution is -1.99. The standard InChI is InChI=1S/C24H24N2O2S/c1-5-28-22(27)11-10-21-24(29-15-19-8-6-16(2)7-9-19)20(13-25)23-18(4)12-17(3)14-26(21)23/h6-12,14H,5,15H2,1-4H3/b11-10+. The molecule has 0 amide bonds. The highest BCUT2D eigenvalue weighted by Crippen LogP contribution is 2.36. The summed E-state index contributed by atoms with van der Waals surface area (Å²) in [6, 6.07) is 12.8. The summed E-state index contributed by atoms with van der Waals surface area (Å²) in [5, 5.41) is 9.93. The summed E-state index contributed by atoms with van der Waals surface area (Å²) in [6.45, 7) is 8.21. The van der Waals surface area contributed by atoms with Gasteiger partial charge in [0.25, 0.3) is 0 Å². The van der Waals surface area contributed by atoms with Crippen LogP contribution in [-0.2, 0) is 15.3 Å². The Kier molecular flexibility index (Phi) is 6.46. The Bertz CT molecular complexity index is 1120. The third-order valence-corrected chi connectivity index (χ3v) is 5.81. The Morgan fingerprint density at radius 3 is 2.59 bits per heavy atom. The van der Waals surface area contributed by atoms with Crippen LogP contribution in [-0.4, -0.2) is 17.0 Å². The molecule has 5 heteroatoms. The quantitative estimate of drug-likeness (QED) is 0.305. The predicted molar refractivity (Wildman–Crippen MR) is 118 cm³/mol. The third kappa shape index (κ3) is 4.55. The Morgan fingerprint density at radius 1 is 1.21 bits per heavy atom. The summed E-state index contributed by atoms with van der Waals surface area (Å²) in [5.74, 6) is 0.351. The number of hydrogen-bond donors (Lipinski definition) is 0. The second-order valence-electron chi connectivity index (χ2n) is 6.98. The van der Waals surface area contributed by atoms with Crippen molar-refractivity contribution in [1.29, 1.82) is 5.26 Å². The Morgan fingerprint density at radius 2 is 1.93 bits per heavy atom. The lowest BCUT2D eigenvalue weighted by molar-refractivity contribution is -0.137. The number of thioether (sulfide) groups is 1. The predicted octanol–water partition coefficient (Wildman–Crippen LogP) is 5.60. The van der Waals surface area contributed by atoms with Crippen LogP contribution in [0.15, 0.2) is 47.5 Å². The van der Waals surface area contributed by atoms with E-state index in [-0.39, 0.29) is 5.97 Å². The minimum atomic E-state index is -0.389. The van der Waals surface area contributed by atoms with E-state index in [1.165, 1.54) is 17.2 Å². The van der Waals surface area contributed by atoms with Gasteiger partial charge in [0, 0.05) is 18.0 Å². The fraction of sp³-hybridized carbons (Fsp3) is 0.250. The van der Waals surface area contributed by atoms with Gasteiger partial charge in [0.2, 0.25) is 0 Å². The molecule has 0 unspecified atom stereocenters. The number of nitriles is 1. The smallest absolute Gasteiger partial charge is 0.330 e. The number of aryl methyl sites for hydroxylation is 3. The highest BCUT2D eigenvalue weighted by atomic mass is 32.2. The van der Waals surface area contributed by atoms with Crippen LogP contribution in [0.1, 0.15) is 40.4 Å². The van der Waals surface area contributed by atoms with Gasteiger partial charge in [0.1, 0.15) is 6.07 Å². The zero-order valence-electron chi connectivity index (χ0n) is 17.2. The van der Waals surface area contributed by atoms with Gasteiger partial charge in [-0.25, -0.2) is 4.79 Å². The zero-order valence-corrected chi connectivity index (χ0v) is 18.0. The Hall–Kier alpha value is -2.97. The molecule has 0 fully saturated rings. The van der Waals surface area contributed by atoms with Crippen LogP contribution in [0.2, 0.25) is 0 Å². The molecular weight excluding hydrogens is 380 g/mol. The van der Waals surface area contributed by atoms with Crippen LogP contribution >= 0.6 is 11.8 Å².